The summed E-state index contributed by atoms with van der Waals surface area (Å²) in [5, 5.41) is 19.1. The van der Waals surface area contributed by atoms with E-state index >= 15 is 0 Å². The molecule has 1 aromatic carbocycles. The van der Waals surface area contributed by atoms with Gasteiger partial charge in [0.2, 0.25) is 18.4 Å². The second-order valence-corrected chi connectivity index (χ2v) is 6.47. The molecule has 0 saturated carbocycles. The molecule has 3 heterocycles. The first-order chi connectivity index (χ1) is 14.0. The fourth-order valence-electron chi connectivity index (χ4n) is 2.69. The molecule has 3 aromatic rings. The zero-order chi connectivity index (χ0) is 20.4. The van der Waals surface area contributed by atoms with Gasteiger partial charge in [-0.15, -0.1) is 5.10 Å². The van der Waals surface area contributed by atoms with Gasteiger partial charge in [-0.05, 0) is 34.1 Å². The molecule has 0 radical (unpaired) electrons. The van der Waals surface area contributed by atoms with Gasteiger partial charge in [0.05, 0.1) is 20.3 Å². The van der Waals surface area contributed by atoms with Crippen LogP contribution in [0.3, 0.4) is 0 Å². The number of nitrogens with two attached hydrogens (primary N) is 1. The Morgan fingerprint density at radius 3 is 2.93 bits per heavy atom. The number of nitrogens with zero attached hydrogens (tertiary/aromatic N) is 6. The molecule has 0 atom stereocenters. The second-order valence-electron chi connectivity index (χ2n) is 6.47. The van der Waals surface area contributed by atoms with Crippen molar-refractivity contribution >= 4 is 17.9 Å². The molecule has 13 heteroatoms. The summed E-state index contributed by atoms with van der Waals surface area (Å²) in [6.07, 6.45) is 1.49. The van der Waals surface area contributed by atoms with Crippen LogP contribution in [-0.2, 0) is 6.54 Å². The van der Waals surface area contributed by atoms with Gasteiger partial charge >= 0.3 is 0 Å². The van der Waals surface area contributed by atoms with Crippen LogP contribution in [0.15, 0.2) is 27.9 Å². The van der Waals surface area contributed by atoms with Crippen LogP contribution in [0.4, 0.5) is 5.82 Å². The van der Waals surface area contributed by atoms with Crippen LogP contribution in [-0.4, -0.2) is 58.3 Å². The summed E-state index contributed by atoms with van der Waals surface area (Å²) in [6.45, 7) is 0.610. The van der Waals surface area contributed by atoms with E-state index in [2.05, 4.69) is 35.8 Å². The first-order valence-electron chi connectivity index (χ1n) is 8.58. The Labute approximate surface area is 164 Å². The Morgan fingerprint density at radius 2 is 2.17 bits per heavy atom. The number of hydrogen-bond donors (Lipinski definition) is 3. The average molecular weight is 400 g/mol. The van der Waals surface area contributed by atoms with Crippen LogP contribution in [0, 0.1) is 0 Å². The number of rotatable bonds is 6. The highest BCUT2D eigenvalue weighted by atomic mass is 16.7. The predicted octanol–water partition coefficient (Wildman–Crippen LogP) is -1.63. The third-order valence-electron chi connectivity index (χ3n) is 3.97. The minimum Gasteiger partial charge on any atom is -0.454 e. The fraction of sp³-hybridized carbons (Fsp3) is 0.250. The van der Waals surface area contributed by atoms with Gasteiger partial charge in [0.1, 0.15) is 12.2 Å². The number of nitrogen functional groups attached to an aromatic ring is 1. The molecule has 0 aliphatic carbocycles. The van der Waals surface area contributed by atoms with Gasteiger partial charge < -0.3 is 20.1 Å². The summed E-state index contributed by atoms with van der Waals surface area (Å²) in [7, 11) is 3.84. The van der Waals surface area contributed by atoms with Crippen LogP contribution in [0.25, 0.3) is 5.82 Å². The molecule has 0 unspecified atom stereocenters. The van der Waals surface area contributed by atoms with Crippen LogP contribution < -0.4 is 25.5 Å². The maximum atomic E-state index is 12.6. The van der Waals surface area contributed by atoms with E-state index in [1.54, 1.807) is 18.2 Å². The van der Waals surface area contributed by atoms with Crippen molar-refractivity contribution in [2.45, 2.75) is 6.54 Å². The molecule has 4 N–H and O–H groups in total. The number of benzene rings is 1. The molecule has 150 valence electrons. The van der Waals surface area contributed by atoms with E-state index in [4.69, 9.17) is 15.2 Å². The molecule has 1 aliphatic rings. The third kappa shape index (κ3) is 3.70. The lowest BCUT2D eigenvalue weighted by Crippen LogP contribution is -3.04. The summed E-state index contributed by atoms with van der Waals surface area (Å²) in [4.78, 5) is 13.6. The lowest BCUT2D eigenvalue weighted by Gasteiger charge is -2.08. The number of carbonyl (C=O) groups is 1. The lowest BCUT2D eigenvalue weighted by atomic mass is 10.2. The zero-order valence-electron chi connectivity index (χ0n) is 15.6. The van der Waals surface area contributed by atoms with E-state index in [-0.39, 0.29) is 24.1 Å². The standard InChI is InChI=1S/C16H17N9O4/c1-24(2)7-10-13(19-23-25(10)15-14(17)21-29-22-15)16(26)20-18-6-9-3-4-11-12(5-9)28-8-27-11/h3-6H,7-8H2,1-2H3,(H2,17,21)(H,20,26)/p+1. The number of hydrogen-bond acceptors (Lipinski definition) is 10. The number of anilines is 1. The highest BCUT2D eigenvalue weighted by Crippen LogP contribution is 2.31. The average Bonchev–Trinajstić information content (AvgIpc) is 3.40. The van der Waals surface area contributed by atoms with Crippen molar-refractivity contribution in [2.24, 2.45) is 5.10 Å². The molecule has 0 bridgehead atoms. The summed E-state index contributed by atoms with van der Waals surface area (Å²) in [5.41, 5.74) is 9.50. The second kappa shape index (κ2) is 7.55. The van der Waals surface area contributed by atoms with Gasteiger partial charge in [-0.25, -0.2) is 10.1 Å². The van der Waals surface area contributed by atoms with E-state index in [0.717, 1.165) is 10.5 Å². The number of nitrogens with one attached hydrogen (secondary N) is 2. The number of amides is 1. The molecule has 2 aromatic heterocycles. The predicted molar refractivity (Wildman–Crippen MR) is 97.8 cm³/mol. The van der Waals surface area contributed by atoms with Gasteiger partial charge in [-0.3, -0.25) is 4.79 Å². The Hall–Kier alpha value is -4.00. The molecule has 1 amide bonds. The smallest absolute Gasteiger partial charge is 0.294 e. The molecular formula is C16H18N9O4+. The van der Waals surface area contributed by atoms with Gasteiger partial charge in [0.15, 0.2) is 17.2 Å². The Kier molecular flexibility index (Phi) is 4.78. The Bertz CT molecular complexity index is 1070. The van der Waals surface area contributed by atoms with Gasteiger partial charge in [-0.2, -0.15) is 9.78 Å². The molecule has 1 aliphatic heterocycles. The van der Waals surface area contributed by atoms with Gasteiger partial charge in [-0.1, -0.05) is 5.21 Å². The molecular weight excluding hydrogens is 382 g/mol. The highest BCUT2D eigenvalue weighted by molar-refractivity contribution is 5.94. The molecule has 4 rings (SSSR count). The van der Waals surface area contributed by atoms with Crippen LogP contribution in [0.2, 0.25) is 0 Å². The Balaban J connectivity index is 1.53. The van der Waals surface area contributed by atoms with Gasteiger partial charge in [0, 0.05) is 0 Å². The molecule has 13 nitrogen and oxygen atoms in total. The number of carbonyl (C=O) groups excluding carboxylic acids is 1. The Morgan fingerprint density at radius 1 is 1.34 bits per heavy atom. The van der Waals surface area contributed by atoms with Crippen molar-refractivity contribution in [3.63, 3.8) is 0 Å². The number of aromatic nitrogens is 5. The maximum Gasteiger partial charge on any atom is 0.294 e. The first kappa shape index (κ1) is 18.4. The third-order valence-corrected chi connectivity index (χ3v) is 3.97. The summed E-state index contributed by atoms with van der Waals surface area (Å²) < 4.78 is 16.5. The summed E-state index contributed by atoms with van der Waals surface area (Å²) in [5.74, 6) is 0.965. The minimum atomic E-state index is -0.528. The number of quaternary nitrogens is 1. The quantitative estimate of drug-likeness (QED) is 0.326. The molecule has 0 fully saturated rings. The number of ether oxygens (including phenoxy) is 2. The van der Waals surface area contributed by atoms with Crippen molar-refractivity contribution in [3.05, 3.63) is 35.2 Å². The maximum absolute atomic E-state index is 12.6. The minimum absolute atomic E-state index is 0.0395. The topological polar surface area (TPSA) is 160 Å². The molecule has 0 saturated heterocycles. The van der Waals surface area contributed by atoms with Gasteiger partial charge in [0.25, 0.3) is 5.91 Å². The van der Waals surface area contributed by atoms with Crippen molar-refractivity contribution in [2.75, 3.05) is 26.6 Å². The molecule has 0 spiro atoms. The van der Waals surface area contributed by atoms with Crippen molar-refractivity contribution in [1.29, 1.82) is 0 Å². The number of fused-ring (bicyclic) bond motifs is 1. The summed E-state index contributed by atoms with van der Waals surface area (Å²) in [6, 6.07) is 5.32. The monoisotopic (exact) mass is 400 g/mol. The van der Waals surface area contributed by atoms with E-state index in [1.165, 1.54) is 10.9 Å². The van der Waals surface area contributed by atoms with Crippen molar-refractivity contribution < 1.29 is 23.8 Å². The van der Waals surface area contributed by atoms with E-state index in [1.807, 2.05) is 14.1 Å². The van der Waals surface area contributed by atoms with Crippen molar-refractivity contribution in [3.8, 4) is 17.3 Å². The van der Waals surface area contributed by atoms with Crippen molar-refractivity contribution in [1.82, 2.24) is 30.7 Å². The first-order valence-corrected chi connectivity index (χ1v) is 8.58. The SMILES string of the molecule is C[NH+](C)Cc1c(C(=O)NN=Cc2ccc3c(c2)OCO3)nnn1-c1nonc1N. The normalized spacial score (nSPS) is 12.8. The fourth-order valence-corrected chi connectivity index (χ4v) is 2.69. The number of hydrazone groups is 1. The van der Waals surface area contributed by atoms with Crippen LogP contribution in [0.5, 0.6) is 11.5 Å². The summed E-state index contributed by atoms with van der Waals surface area (Å²) >= 11 is 0. The largest absolute Gasteiger partial charge is 0.454 e. The van der Waals surface area contributed by atoms with E-state index in [9.17, 15) is 4.79 Å². The van der Waals surface area contributed by atoms with E-state index in [0.29, 0.717) is 23.7 Å². The van der Waals surface area contributed by atoms with Crippen LogP contribution >= 0.6 is 0 Å². The van der Waals surface area contributed by atoms with Crippen LogP contribution in [0.1, 0.15) is 21.7 Å². The van der Waals surface area contributed by atoms with E-state index < -0.39 is 5.91 Å². The lowest BCUT2D eigenvalue weighted by molar-refractivity contribution is -0.873. The highest BCUT2D eigenvalue weighted by Gasteiger charge is 2.25. The zero-order valence-corrected chi connectivity index (χ0v) is 15.6. The molecule has 29 heavy (non-hydrogen) atoms.